The molecule has 0 spiro atoms. The molecule has 0 amide bonds. The Morgan fingerprint density at radius 2 is 2.36 bits per heavy atom. The third-order valence-corrected chi connectivity index (χ3v) is 3.71. The largest absolute Gasteiger partial charge is 0.492 e. The molecule has 3 rings (SSSR count). The summed E-state index contributed by atoms with van der Waals surface area (Å²) in [7, 11) is 0. The van der Waals surface area contributed by atoms with Crippen molar-refractivity contribution >= 4 is 22.6 Å². The molecule has 6 nitrogen and oxygen atoms in total. The highest BCUT2D eigenvalue weighted by molar-refractivity contribution is 6.70. The predicted octanol–water partition coefficient (Wildman–Crippen LogP) is 1.83. The lowest BCUT2D eigenvalue weighted by Crippen LogP contribution is -2.31. The topological polar surface area (TPSA) is 86.8 Å². The van der Waals surface area contributed by atoms with Gasteiger partial charge in [-0.25, -0.2) is 0 Å². The van der Waals surface area contributed by atoms with Crippen LogP contribution in [0, 0.1) is 0 Å². The van der Waals surface area contributed by atoms with E-state index in [0.29, 0.717) is 17.9 Å². The molecular weight excluding hydrogens is 306 g/mol. The Kier molecular flexibility index (Phi) is 3.85. The van der Waals surface area contributed by atoms with Crippen molar-refractivity contribution in [2.24, 2.45) is 10.7 Å². The summed E-state index contributed by atoms with van der Waals surface area (Å²) in [4.78, 5) is 20.4. The Morgan fingerprint density at radius 1 is 1.55 bits per heavy atom. The second kappa shape index (κ2) is 5.81. The highest BCUT2D eigenvalue weighted by atomic mass is 35.5. The van der Waals surface area contributed by atoms with Crippen LogP contribution in [0.1, 0.15) is 18.4 Å². The van der Waals surface area contributed by atoms with E-state index in [1.165, 1.54) is 0 Å². The fourth-order valence-electron chi connectivity index (χ4n) is 2.53. The maximum atomic E-state index is 12.4. The van der Waals surface area contributed by atoms with Gasteiger partial charge in [0.2, 0.25) is 5.88 Å². The molecule has 2 aliphatic rings. The van der Waals surface area contributed by atoms with E-state index >= 15 is 0 Å². The second-order valence-electron chi connectivity index (χ2n) is 4.76. The minimum Gasteiger partial charge on any atom is -0.492 e. The maximum Gasteiger partial charge on any atom is 0.230 e. The number of halogens is 1. The first-order valence-electron chi connectivity index (χ1n) is 6.81. The number of nitrogens with zero attached hydrogens (tertiary/aromatic N) is 2. The minimum absolute atomic E-state index is 0.0168. The smallest absolute Gasteiger partial charge is 0.230 e. The zero-order valence-corrected chi connectivity index (χ0v) is 12.6. The molecule has 0 saturated carbocycles. The van der Waals surface area contributed by atoms with E-state index in [0.717, 1.165) is 5.56 Å². The summed E-state index contributed by atoms with van der Waals surface area (Å²) in [6, 6.07) is 3.64. The summed E-state index contributed by atoms with van der Waals surface area (Å²) in [5, 5.41) is 0.141. The summed E-state index contributed by atoms with van der Waals surface area (Å²) >= 11 is 6.08. The van der Waals surface area contributed by atoms with Gasteiger partial charge in [-0.05, 0) is 18.6 Å². The Balaban J connectivity index is 2.18. The van der Waals surface area contributed by atoms with E-state index < -0.39 is 5.92 Å². The van der Waals surface area contributed by atoms with Gasteiger partial charge in [-0.15, -0.1) is 0 Å². The number of carbonyl (C=O) groups is 1. The summed E-state index contributed by atoms with van der Waals surface area (Å²) in [5.74, 6) is 0.0197. The van der Waals surface area contributed by atoms with Crippen LogP contribution in [0.2, 0.25) is 0 Å². The number of rotatable bonds is 3. The van der Waals surface area contributed by atoms with E-state index in [2.05, 4.69) is 9.98 Å². The molecule has 2 aliphatic heterocycles. The Bertz CT molecular complexity index is 710. The van der Waals surface area contributed by atoms with Crippen molar-refractivity contribution in [1.29, 1.82) is 0 Å². The van der Waals surface area contributed by atoms with Gasteiger partial charge in [0.15, 0.2) is 22.5 Å². The number of ether oxygens (including phenoxy) is 2. The lowest BCUT2D eigenvalue weighted by atomic mass is 9.84. The fourth-order valence-corrected chi connectivity index (χ4v) is 2.73. The number of dihydropyridines is 1. The molecule has 114 valence electrons. The molecule has 1 aromatic rings. The van der Waals surface area contributed by atoms with Gasteiger partial charge in [0, 0.05) is 12.4 Å². The summed E-state index contributed by atoms with van der Waals surface area (Å²) < 4.78 is 11.1. The van der Waals surface area contributed by atoms with E-state index in [9.17, 15) is 4.79 Å². The molecule has 22 heavy (non-hydrogen) atoms. The number of Topliss-reactive ketones (excluding diaryl/α,β-unsaturated/α-hetero) is 1. The fraction of sp³-hybridized carbons (Fsp3) is 0.267. The number of aromatic nitrogens is 1. The van der Waals surface area contributed by atoms with Gasteiger partial charge in [0.1, 0.15) is 6.54 Å². The average Bonchev–Trinajstić information content (AvgIpc) is 2.53. The average molecular weight is 320 g/mol. The van der Waals surface area contributed by atoms with Crippen LogP contribution in [0.25, 0.3) is 0 Å². The second-order valence-corrected chi connectivity index (χ2v) is 5.11. The van der Waals surface area contributed by atoms with Crippen molar-refractivity contribution in [2.75, 3.05) is 13.2 Å². The molecule has 0 fully saturated rings. The van der Waals surface area contributed by atoms with E-state index in [1.807, 2.05) is 13.0 Å². The molecule has 0 radical (unpaired) electrons. The van der Waals surface area contributed by atoms with Crippen molar-refractivity contribution in [2.45, 2.75) is 12.8 Å². The first kappa shape index (κ1) is 14.6. The number of pyridine rings is 1. The van der Waals surface area contributed by atoms with Crippen LogP contribution in [-0.4, -0.2) is 29.1 Å². The zero-order chi connectivity index (χ0) is 15.7. The molecule has 3 heterocycles. The van der Waals surface area contributed by atoms with Crippen LogP contribution in [-0.2, 0) is 14.3 Å². The molecular formula is C15H14ClN3O3. The van der Waals surface area contributed by atoms with Crippen LogP contribution in [0.5, 0.6) is 0 Å². The lowest BCUT2D eigenvalue weighted by molar-refractivity contribution is -0.115. The molecule has 2 N–H and O–H groups in total. The van der Waals surface area contributed by atoms with Crippen molar-refractivity contribution < 1.29 is 14.3 Å². The zero-order valence-electron chi connectivity index (χ0n) is 11.9. The number of ketones is 1. The third kappa shape index (κ3) is 2.35. The molecule has 0 aliphatic carbocycles. The molecule has 1 atom stereocenters. The molecule has 0 saturated heterocycles. The number of hydrogen-bond donors (Lipinski definition) is 1. The van der Waals surface area contributed by atoms with E-state index in [1.54, 1.807) is 18.5 Å². The first-order chi connectivity index (χ1) is 10.6. The van der Waals surface area contributed by atoms with E-state index in [-0.39, 0.29) is 29.1 Å². The van der Waals surface area contributed by atoms with Crippen LogP contribution in [0.15, 0.2) is 52.5 Å². The van der Waals surface area contributed by atoms with Gasteiger partial charge < -0.3 is 15.2 Å². The highest BCUT2D eigenvalue weighted by Gasteiger charge is 2.40. The van der Waals surface area contributed by atoms with E-state index in [4.69, 9.17) is 26.8 Å². The van der Waals surface area contributed by atoms with Crippen LogP contribution in [0.3, 0.4) is 0 Å². The van der Waals surface area contributed by atoms with Crippen LogP contribution < -0.4 is 5.73 Å². The van der Waals surface area contributed by atoms with Crippen LogP contribution in [0.4, 0.5) is 0 Å². The molecule has 1 unspecified atom stereocenters. The minimum atomic E-state index is -0.492. The van der Waals surface area contributed by atoms with Gasteiger partial charge in [-0.1, -0.05) is 17.7 Å². The highest BCUT2D eigenvalue weighted by Crippen LogP contribution is 2.41. The Morgan fingerprint density at radius 3 is 3.05 bits per heavy atom. The monoisotopic (exact) mass is 319 g/mol. The SMILES string of the molecule is CCOC1=C(N)OC2=C(C(=O)CN=C2Cl)C1c1cccnc1. The first-order valence-corrected chi connectivity index (χ1v) is 7.19. The third-order valence-electron chi connectivity index (χ3n) is 3.42. The number of nitrogens with two attached hydrogens (primary N) is 1. The predicted molar refractivity (Wildman–Crippen MR) is 81.1 cm³/mol. The number of carbonyl (C=O) groups excluding carboxylic acids is 1. The number of allylic oxidation sites excluding steroid dienone is 2. The number of aliphatic imine (C=N–C) groups is 1. The van der Waals surface area contributed by atoms with Crippen molar-refractivity contribution in [3.05, 3.63) is 53.1 Å². The van der Waals surface area contributed by atoms with Gasteiger partial charge in [-0.3, -0.25) is 14.8 Å². The summed E-state index contributed by atoms with van der Waals surface area (Å²) in [6.45, 7) is 2.22. The molecule has 0 bridgehead atoms. The number of hydrogen-bond acceptors (Lipinski definition) is 6. The molecule has 0 aromatic carbocycles. The summed E-state index contributed by atoms with van der Waals surface area (Å²) in [5.41, 5.74) is 7.15. The van der Waals surface area contributed by atoms with Gasteiger partial charge in [0.25, 0.3) is 0 Å². The van der Waals surface area contributed by atoms with Crippen molar-refractivity contribution in [3.63, 3.8) is 0 Å². The molecule has 1 aromatic heterocycles. The van der Waals surface area contributed by atoms with Gasteiger partial charge >= 0.3 is 0 Å². The van der Waals surface area contributed by atoms with Crippen molar-refractivity contribution in [3.8, 4) is 0 Å². The van der Waals surface area contributed by atoms with Gasteiger partial charge in [0.05, 0.1) is 18.1 Å². The standard InChI is InChI=1S/C15H14ClN3O3/c1-2-21-13-10(8-4-3-5-18-6-8)11-9(20)7-19-14(16)12(11)22-15(13)17/h3-6,10H,2,7,17H2,1H3. The Labute approximate surface area is 132 Å². The quantitative estimate of drug-likeness (QED) is 0.918. The van der Waals surface area contributed by atoms with Crippen molar-refractivity contribution in [1.82, 2.24) is 4.98 Å². The van der Waals surface area contributed by atoms with Crippen LogP contribution >= 0.6 is 11.6 Å². The Hall–Kier alpha value is -2.34. The maximum absolute atomic E-state index is 12.4. The lowest BCUT2D eigenvalue weighted by Gasteiger charge is -2.31. The normalized spacial score (nSPS) is 21.3. The molecule has 7 heteroatoms. The summed E-state index contributed by atoms with van der Waals surface area (Å²) in [6.07, 6.45) is 3.32. The van der Waals surface area contributed by atoms with Gasteiger partial charge in [-0.2, -0.15) is 0 Å².